The first-order valence-electron chi connectivity index (χ1n) is 6.95. The molecule has 0 aliphatic heterocycles. The Morgan fingerprint density at radius 1 is 1.32 bits per heavy atom. The summed E-state index contributed by atoms with van der Waals surface area (Å²) in [7, 11) is 1.57. The molecule has 0 saturated carbocycles. The Labute approximate surface area is 129 Å². The Morgan fingerprint density at radius 3 is 2.86 bits per heavy atom. The third-order valence-corrected chi connectivity index (χ3v) is 2.95. The van der Waals surface area contributed by atoms with Crippen LogP contribution in [0, 0.1) is 0 Å². The van der Waals surface area contributed by atoms with Crippen LogP contribution in [0.4, 0.5) is 0 Å². The monoisotopic (exact) mass is 301 g/mol. The Morgan fingerprint density at radius 2 is 2.18 bits per heavy atom. The van der Waals surface area contributed by atoms with Crippen molar-refractivity contribution in [3.8, 4) is 11.5 Å². The molecule has 0 radical (unpaired) electrons. The van der Waals surface area contributed by atoms with Crippen molar-refractivity contribution in [1.29, 1.82) is 0 Å². The zero-order valence-electron chi connectivity index (χ0n) is 12.7. The van der Waals surface area contributed by atoms with Gasteiger partial charge < -0.3 is 19.2 Å². The molecular weight excluding hydrogens is 282 g/mol. The molecule has 1 aromatic carbocycles. The van der Waals surface area contributed by atoms with E-state index < -0.39 is 0 Å². The first kappa shape index (κ1) is 15.7. The zero-order chi connectivity index (χ0) is 15.8. The molecular formula is C17H19NO4. The zero-order valence-corrected chi connectivity index (χ0v) is 12.7. The maximum atomic E-state index is 11.8. The smallest absolute Gasteiger partial charge is 0.258 e. The molecule has 0 unspecified atom stereocenters. The summed E-state index contributed by atoms with van der Waals surface area (Å²) in [5.41, 5.74) is 1.01. The number of methoxy groups -OCH3 is 1. The fourth-order valence-corrected chi connectivity index (χ4v) is 1.89. The van der Waals surface area contributed by atoms with Crippen molar-refractivity contribution < 1.29 is 18.7 Å². The normalized spacial score (nSPS) is 10.6. The van der Waals surface area contributed by atoms with Crippen LogP contribution < -0.4 is 14.8 Å². The average Bonchev–Trinajstić information content (AvgIpc) is 3.05. The minimum absolute atomic E-state index is 0.0833. The van der Waals surface area contributed by atoms with E-state index in [0.29, 0.717) is 23.8 Å². The fraction of sp³-hybridized carbons (Fsp3) is 0.235. The molecule has 1 amide bonds. The van der Waals surface area contributed by atoms with Gasteiger partial charge in [0.25, 0.3) is 5.91 Å². The predicted octanol–water partition coefficient (Wildman–Crippen LogP) is 3.02. The summed E-state index contributed by atoms with van der Waals surface area (Å²) in [6.07, 6.45) is 5.47. The predicted molar refractivity (Wildman–Crippen MR) is 83.8 cm³/mol. The second-order valence-corrected chi connectivity index (χ2v) is 4.56. The molecule has 116 valence electrons. The van der Waals surface area contributed by atoms with E-state index in [0.717, 1.165) is 5.56 Å². The Hall–Kier alpha value is -2.69. The number of benzene rings is 1. The van der Waals surface area contributed by atoms with Crippen LogP contribution in [-0.2, 0) is 11.3 Å². The number of furan rings is 1. The molecule has 1 heterocycles. The fourth-order valence-electron chi connectivity index (χ4n) is 1.89. The highest BCUT2D eigenvalue weighted by Gasteiger charge is 2.08. The maximum absolute atomic E-state index is 11.8. The van der Waals surface area contributed by atoms with Crippen molar-refractivity contribution in [2.45, 2.75) is 13.5 Å². The molecule has 2 aromatic rings. The molecule has 0 aliphatic rings. The standard InChI is InChI=1S/C17H19NO4/c1-3-5-13-7-8-15(16(10-13)20-2)22-12-17(19)18-11-14-6-4-9-21-14/h3-10H,11-12H2,1-2H3,(H,18,19)/b5-3-. The van der Waals surface area contributed by atoms with Gasteiger partial charge in [-0.05, 0) is 36.8 Å². The number of nitrogens with one attached hydrogen (secondary N) is 1. The second kappa shape index (κ2) is 7.93. The van der Waals surface area contributed by atoms with E-state index in [1.54, 1.807) is 31.6 Å². The number of allylic oxidation sites excluding steroid dienone is 1. The summed E-state index contributed by atoms with van der Waals surface area (Å²) < 4.78 is 15.9. The maximum Gasteiger partial charge on any atom is 0.258 e. The molecule has 1 aromatic heterocycles. The first-order chi connectivity index (χ1) is 10.7. The van der Waals surface area contributed by atoms with Gasteiger partial charge in [-0.25, -0.2) is 0 Å². The van der Waals surface area contributed by atoms with E-state index in [2.05, 4.69) is 5.32 Å². The summed E-state index contributed by atoms with van der Waals surface area (Å²) in [4.78, 5) is 11.8. The van der Waals surface area contributed by atoms with Gasteiger partial charge in [0.15, 0.2) is 18.1 Å². The van der Waals surface area contributed by atoms with Crippen molar-refractivity contribution in [3.05, 3.63) is 54.0 Å². The molecule has 0 spiro atoms. The van der Waals surface area contributed by atoms with Gasteiger partial charge in [-0.15, -0.1) is 0 Å². The lowest BCUT2D eigenvalue weighted by Gasteiger charge is -2.11. The molecule has 0 bridgehead atoms. The molecule has 0 atom stereocenters. The number of hydrogen-bond acceptors (Lipinski definition) is 4. The van der Waals surface area contributed by atoms with E-state index in [1.807, 2.05) is 31.2 Å². The lowest BCUT2D eigenvalue weighted by Crippen LogP contribution is -2.28. The third-order valence-electron chi connectivity index (χ3n) is 2.95. The summed E-state index contributed by atoms with van der Waals surface area (Å²) in [6.45, 7) is 2.20. The highest BCUT2D eigenvalue weighted by Crippen LogP contribution is 2.28. The minimum Gasteiger partial charge on any atom is -0.493 e. The highest BCUT2D eigenvalue weighted by atomic mass is 16.5. The van der Waals surface area contributed by atoms with Crippen LogP contribution in [0.1, 0.15) is 18.2 Å². The molecule has 2 rings (SSSR count). The number of ether oxygens (including phenoxy) is 2. The SMILES string of the molecule is C/C=C\c1ccc(OCC(=O)NCc2ccco2)c(OC)c1. The van der Waals surface area contributed by atoms with Gasteiger partial charge in [0.05, 0.1) is 19.9 Å². The Kier molecular flexibility index (Phi) is 5.65. The minimum atomic E-state index is -0.226. The van der Waals surface area contributed by atoms with Crippen LogP contribution in [0.5, 0.6) is 11.5 Å². The molecule has 22 heavy (non-hydrogen) atoms. The largest absolute Gasteiger partial charge is 0.493 e. The summed E-state index contributed by atoms with van der Waals surface area (Å²) in [5, 5.41) is 2.71. The number of rotatable bonds is 7. The van der Waals surface area contributed by atoms with E-state index in [4.69, 9.17) is 13.9 Å². The van der Waals surface area contributed by atoms with Crippen LogP contribution in [0.15, 0.2) is 47.1 Å². The van der Waals surface area contributed by atoms with Gasteiger partial charge in [0.1, 0.15) is 5.76 Å². The molecule has 5 heteroatoms. The molecule has 0 fully saturated rings. The molecule has 0 saturated heterocycles. The van der Waals surface area contributed by atoms with E-state index >= 15 is 0 Å². The van der Waals surface area contributed by atoms with Gasteiger partial charge >= 0.3 is 0 Å². The van der Waals surface area contributed by atoms with Crippen LogP contribution in [-0.4, -0.2) is 19.6 Å². The summed E-state index contributed by atoms with van der Waals surface area (Å²) in [5.74, 6) is 1.59. The third kappa shape index (κ3) is 4.41. The lowest BCUT2D eigenvalue weighted by atomic mass is 10.2. The van der Waals surface area contributed by atoms with Crippen LogP contribution in [0.3, 0.4) is 0 Å². The number of carbonyl (C=O) groups is 1. The van der Waals surface area contributed by atoms with E-state index in [9.17, 15) is 4.79 Å². The van der Waals surface area contributed by atoms with Crippen LogP contribution in [0.25, 0.3) is 6.08 Å². The van der Waals surface area contributed by atoms with Crippen molar-refractivity contribution in [2.75, 3.05) is 13.7 Å². The number of hydrogen-bond donors (Lipinski definition) is 1. The van der Waals surface area contributed by atoms with E-state index in [-0.39, 0.29) is 12.5 Å². The van der Waals surface area contributed by atoms with Crippen LogP contribution in [0.2, 0.25) is 0 Å². The summed E-state index contributed by atoms with van der Waals surface area (Å²) >= 11 is 0. The Balaban J connectivity index is 1.88. The molecule has 1 N–H and O–H groups in total. The van der Waals surface area contributed by atoms with Crippen LogP contribution >= 0.6 is 0 Å². The Bertz CT molecular complexity index is 632. The number of carbonyl (C=O) groups excluding carboxylic acids is 1. The van der Waals surface area contributed by atoms with Gasteiger partial charge in [-0.1, -0.05) is 18.2 Å². The van der Waals surface area contributed by atoms with Gasteiger partial charge in [-0.3, -0.25) is 4.79 Å². The lowest BCUT2D eigenvalue weighted by molar-refractivity contribution is -0.123. The topological polar surface area (TPSA) is 60.7 Å². The molecule has 0 aliphatic carbocycles. The van der Waals surface area contributed by atoms with Crippen molar-refractivity contribution in [1.82, 2.24) is 5.32 Å². The number of amides is 1. The van der Waals surface area contributed by atoms with Crippen molar-refractivity contribution >= 4 is 12.0 Å². The van der Waals surface area contributed by atoms with E-state index in [1.165, 1.54) is 0 Å². The van der Waals surface area contributed by atoms with Crippen molar-refractivity contribution in [2.24, 2.45) is 0 Å². The quantitative estimate of drug-likeness (QED) is 0.854. The highest BCUT2D eigenvalue weighted by molar-refractivity contribution is 5.77. The average molecular weight is 301 g/mol. The van der Waals surface area contributed by atoms with Crippen molar-refractivity contribution in [3.63, 3.8) is 0 Å². The summed E-state index contributed by atoms with van der Waals surface area (Å²) in [6, 6.07) is 9.11. The first-order valence-corrected chi connectivity index (χ1v) is 6.95. The molecule has 5 nitrogen and oxygen atoms in total. The second-order valence-electron chi connectivity index (χ2n) is 4.56. The van der Waals surface area contributed by atoms with Gasteiger partial charge in [0, 0.05) is 0 Å². The van der Waals surface area contributed by atoms with Gasteiger partial charge in [-0.2, -0.15) is 0 Å². The van der Waals surface area contributed by atoms with Gasteiger partial charge in [0.2, 0.25) is 0 Å².